The van der Waals surface area contributed by atoms with Gasteiger partial charge < -0.3 is 10.6 Å². The molecule has 0 radical (unpaired) electrons. The molecule has 0 amide bonds. The van der Waals surface area contributed by atoms with Gasteiger partial charge in [0.2, 0.25) is 0 Å². The Hall–Kier alpha value is -0.450. The fraction of sp³-hybridized carbons (Fsp3) is 0.727. The van der Waals surface area contributed by atoms with Crippen molar-refractivity contribution in [1.29, 1.82) is 0 Å². The topological polar surface area (TPSA) is 42.1 Å². The highest BCUT2D eigenvalue weighted by Gasteiger charge is 2.05. The molecule has 1 atom stereocenters. The van der Waals surface area contributed by atoms with Crippen LogP contribution in [0.5, 0.6) is 0 Å². The van der Waals surface area contributed by atoms with Crippen LogP contribution in [0.15, 0.2) is 10.9 Å². The molecule has 0 saturated heterocycles. The van der Waals surface area contributed by atoms with Gasteiger partial charge in [-0.1, -0.05) is 13.3 Å². The second-order valence-electron chi connectivity index (χ2n) is 4.05. The average Bonchev–Trinajstić information content (AvgIpc) is 2.68. The van der Waals surface area contributed by atoms with E-state index in [4.69, 9.17) is 5.73 Å². The Morgan fingerprint density at radius 2 is 2.33 bits per heavy atom. The average molecular weight is 227 g/mol. The minimum Gasteiger partial charge on any atom is -0.328 e. The second-order valence-corrected chi connectivity index (χ2v) is 4.77. The van der Waals surface area contributed by atoms with Gasteiger partial charge in [-0.25, -0.2) is 4.98 Å². The SMILES string of the molecule is CCCC(N)CCN(C)Cc1cscn1. The predicted octanol–water partition coefficient (Wildman–Crippen LogP) is 2.09. The predicted molar refractivity (Wildman–Crippen MR) is 65.9 cm³/mol. The molecule has 1 aromatic rings. The molecule has 0 bridgehead atoms. The lowest BCUT2D eigenvalue weighted by Crippen LogP contribution is -2.27. The highest BCUT2D eigenvalue weighted by molar-refractivity contribution is 7.07. The first-order valence-corrected chi connectivity index (χ1v) is 6.47. The van der Waals surface area contributed by atoms with Gasteiger partial charge in [0.25, 0.3) is 0 Å². The van der Waals surface area contributed by atoms with Crippen LogP contribution in [0.25, 0.3) is 0 Å². The minimum absolute atomic E-state index is 0.355. The lowest BCUT2D eigenvalue weighted by atomic mass is 10.1. The molecule has 4 heteroatoms. The van der Waals surface area contributed by atoms with Crippen LogP contribution in [0.3, 0.4) is 0 Å². The summed E-state index contributed by atoms with van der Waals surface area (Å²) >= 11 is 1.65. The fourth-order valence-electron chi connectivity index (χ4n) is 1.57. The van der Waals surface area contributed by atoms with E-state index in [2.05, 4.69) is 29.2 Å². The summed E-state index contributed by atoms with van der Waals surface area (Å²) in [5.74, 6) is 0. The standard InChI is InChI=1S/C11H21N3S/c1-3-4-10(12)5-6-14(2)7-11-8-15-9-13-11/h8-10H,3-7,12H2,1-2H3. The minimum atomic E-state index is 0.355. The third-order valence-corrected chi connectivity index (χ3v) is 3.09. The number of hydrogen-bond donors (Lipinski definition) is 1. The normalized spacial score (nSPS) is 13.3. The molecular formula is C11H21N3S. The Labute approximate surface area is 96.3 Å². The van der Waals surface area contributed by atoms with Gasteiger partial charge in [-0.2, -0.15) is 0 Å². The van der Waals surface area contributed by atoms with Crippen molar-refractivity contribution in [2.45, 2.75) is 38.8 Å². The van der Waals surface area contributed by atoms with Gasteiger partial charge in [0, 0.05) is 18.0 Å². The zero-order valence-corrected chi connectivity index (χ0v) is 10.5. The van der Waals surface area contributed by atoms with E-state index in [1.165, 1.54) is 6.42 Å². The Morgan fingerprint density at radius 3 is 2.93 bits per heavy atom. The molecule has 1 unspecified atom stereocenters. The summed E-state index contributed by atoms with van der Waals surface area (Å²) in [6, 6.07) is 0.355. The molecule has 0 spiro atoms. The first kappa shape index (κ1) is 12.6. The van der Waals surface area contributed by atoms with E-state index in [1.54, 1.807) is 11.3 Å². The van der Waals surface area contributed by atoms with Crippen LogP contribution in [0.1, 0.15) is 31.9 Å². The summed E-state index contributed by atoms with van der Waals surface area (Å²) in [5, 5.41) is 2.10. The van der Waals surface area contributed by atoms with Crippen LogP contribution < -0.4 is 5.73 Å². The number of aromatic nitrogens is 1. The van der Waals surface area contributed by atoms with Crippen LogP contribution in [0, 0.1) is 0 Å². The van der Waals surface area contributed by atoms with Crippen molar-refractivity contribution in [2.24, 2.45) is 5.73 Å². The lowest BCUT2D eigenvalue weighted by molar-refractivity contribution is 0.304. The number of nitrogens with two attached hydrogens (primary N) is 1. The fourth-order valence-corrected chi connectivity index (χ4v) is 2.12. The van der Waals surface area contributed by atoms with Crippen molar-refractivity contribution in [2.75, 3.05) is 13.6 Å². The van der Waals surface area contributed by atoms with Crippen molar-refractivity contribution < 1.29 is 0 Å². The summed E-state index contributed by atoms with van der Waals surface area (Å²) in [6.45, 7) is 4.17. The van der Waals surface area contributed by atoms with Gasteiger partial charge in [0.1, 0.15) is 0 Å². The van der Waals surface area contributed by atoms with Crippen LogP contribution in [-0.4, -0.2) is 29.5 Å². The van der Waals surface area contributed by atoms with Gasteiger partial charge in [0.15, 0.2) is 0 Å². The monoisotopic (exact) mass is 227 g/mol. The van der Waals surface area contributed by atoms with Crippen molar-refractivity contribution >= 4 is 11.3 Å². The third-order valence-electron chi connectivity index (χ3n) is 2.46. The lowest BCUT2D eigenvalue weighted by Gasteiger charge is -2.18. The Morgan fingerprint density at radius 1 is 1.53 bits per heavy atom. The summed E-state index contributed by atoms with van der Waals surface area (Å²) < 4.78 is 0. The maximum atomic E-state index is 5.97. The van der Waals surface area contributed by atoms with Crippen molar-refractivity contribution in [3.63, 3.8) is 0 Å². The van der Waals surface area contributed by atoms with Crippen LogP contribution >= 0.6 is 11.3 Å². The van der Waals surface area contributed by atoms with Crippen LogP contribution in [0.2, 0.25) is 0 Å². The number of nitrogens with zero attached hydrogens (tertiary/aromatic N) is 2. The molecule has 15 heavy (non-hydrogen) atoms. The smallest absolute Gasteiger partial charge is 0.0795 e. The van der Waals surface area contributed by atoms with Gasteiger partial charge in [-0.3, -0.25) is 0 Å². The van der Waals surface area contributed by atoms with Gasteiger partial charge in [0.05, 0.1) is 11.2 Å². The Balaban J connectivity index is 2.16. The zero-order chi connectivity index (χ0) is 11.1. The number of hydrogen-bond acceptors (Lipinski definition) is 4. The molecule has 0 saturated carbocycles. The second kappa shape index (κ2) is 6.93. The van der Waals surface area contributed by atoms with Gasteiger partial charge in [-0.05, 0) is 26.4 Å². The molecule has 0 fully saturated rings. The molecule has 0 aliphatic heterocycles. The van der Waals surface area contributed by atoms with Gasteiger partial charge in [-0.15, -0.1) is 11.3 Å². The highest BCUT2D eigenvalue weighted by Crippen LogP contribution is 2.05. The van der Waals surface area contributed by atoms with E-state index in [0.29, 0.717) is 6.04 Å². The maximum Gasteiger partial charge on any atom is 0.0795 e. The molecule has 1 rings (SSSR count). The van der Waals surface area contributed by atoms with E-state index < -0.39 is 0 Å². The molecule has 3 nitrogen and oxygen atoms in total. The van der Waals surface area contributed by atoms with Crippen LogP contribution in [0.4, 0.5) is 0 Å². The largest absolute Gasteiger partial charge is 0.328 e. The molecule has 2 N–H and O–H groups in total. The van der Waals surface area contributed by atoms with Crippen molar-refractivity contribution in [3.8, 4) is 0 Å². The number of thiazole rings is 1. The molecule has 0 aliphatic rings. The van der Waals surface area contributed by atoms with Crippen LogP contribution in [-0.2, 0) is 6.54 Å². The Kier molecular flexibility index (Phi) is 5.83. The van der Waals surface area contributed by atoms with Crippen molar-refractivity contribution in [1.82, 2.24) is 9.88 Å². The van der Waals surface area contributed by atoms with E-state index >= 15 is 0 Å². The molecular weight excluding hydrogens is 206 g/mol. The summed E-state index contributed by atoms with van der Waals surface area (Å²) in [5.41, 5.74) is 9.01. The molecule has 86 valence electrons. The van der Waals surface area contributed by atoms with Crippen molar-refractivity contribution in [3.05, 3.63) is 16.6 Å². The molecule has 0 aliphatic carbocycles. The van der Waals surface area contributed by atoms with E-state index in [-0.39, 0.29) is 0 Å². The summed E-state index contributed by atoms with van der Waals surface area (Å²) in [7, 11) is 2.12. The summed E-state index contributed by atoms with van der Waals surface area (Å²) in [6.07, 6.45) is 3.38. The number of rotatable bonds is 7. The van der Waals surface area contributed by atoms with Gasteiger partial charge >= 0.3 is 0 Å². The van der Waals surface area contributed by atoms with E-state index in [9.17, 15) is 0 Å². The Bertz CT molecular complexity index is 248. The summed E-state index contributed by atoms with van der Waals surface area (Å²) in [4.78, 5) is 6.55. The quantitative estimate of drug-likeness (QED) is 0.775. The first-order chi connectivity index (χ1) is 7.22. The van der Waals surface area contributed by atoms with E-state index in [1.807, 2.05) is 5.51 Å². The molecule has 0 aromatic carbocycles. The van der Waals surface area contributed by atoms with E-state index in [0.717, 1.165) is 31.6 Å². The zero-order valence-electron chi connectivity index (χ0n) is 9.65. The molecule has 1 aromatic heterocycles. The third kappa shape index (κ3) is 5.25. The maximum absolute atomic E-state index is 5.97. The first-order valence-electron chi connectivity index (χ1n) is 5.53. The molecule has 1 heterocycles. The highest BCUT2D eigenvalue weighted by atomic mass is 32.1.